The Morgan fingerprint density at radius 2 is 1.69 bits per heavy atom. The number of hydrogen-bond donors (Lipinski definition) is 2. The van der Waals surface area contributed by atoms with Crippen LogP contribution in [0, 0.1) is 11.8 Å². The standard InChI is InChI=1S/C37H61N5O7/c1-10-15-29(41(7)33(45)24-38-37(47)34(25(2)3)40(5)6)31(48-8)23-32(44)42-20-14-18-30(42)35(49-9)26(4)36(46)39-28(19-21-43)22-27-16-12-11-13-17-27/h11-13,16-17,21,25-26,28-31,34-35H,10,14-15,18-20,22-24H2,1-9H3,(H,38,47)(H,39,46). The molecule has 4 amide bonds. The summed E-state index contributed by atoms with van der Waals surface area (Å²) in [7, 11) is 8.46. The Labute approximate surface area is 293 Å². The van der Waals surface area contributed by atoms with Gasteiger partial charge in [-0.3, -0.25) is 24.1 Å². The van der Waals surface area contributed by atoms with Gasteiger partial charge < -0.3 is 34.7 Å². The van der Waals surface area contributed by atoms with Crippen molar-refractivity contribution in [1.82, 2.24) is 25.3 Å². The Hall–Kier alpha value is -3.35. The van der Waals surface area contributed by atoms with Gasteiger partial charge in [-0.15, -0.1) is 0 Å². The fraction of sp³-hybridized carbons (Fsp3) is 0.703. The highest BCUT2D eigenvalue weighted by atomic mass is 16.5. The van der Waals surface area contributed by atoms with E-state index in [0.29, 0.717) is 25.8 Å². The molecule has 0 radical (unpaired) electrons. The fourth-order valence-electron chi connectivity index (χ4n) is 7.13. The third kappa shape index (κ3) is 12.2. The molecule has 49 heavy (non-hydrogen) atoms. The first kappa shape index (κ1) is 41.8. The monoisotopic (exact) mass is 687 g/mol. The van der Waals surface area contributed by atoms with Crippen LogP contribution < -0.4 is 10.6 Å². The van der Waals surface area contributed by atoms with Gasteiger partial charge in [0, 0.05) is 40.3 Å². The zero-order chi connectivity index (χ0) is 36.7. The van der Waals surface area contributed by atoms with Crippen molar-refractivity contribution in [1.29, 1.82) is 0 Å². The molecule has 1 aromatic carbocycles. The highest BCUT2D eigenvalue weighted by molar-refractivity contribution is 5.87. The van der Waals surface area contributed by atoms with E-state index in [1.54, 1.807) is 38.0 Å². The summed E-state index contributed by atoms with van der Waals surface area (Å²) in [6, 6.07) is 8.27. The molecule has 1 heterocycles. The van der Waals surface area contributed by atoms with Crippen LogP contribution >= 0.6 is 0 Å². The van der Waals surface area contributed by atoms with Crippen LogP contribution in [0.5, 0.6) is 0 Å². The first-order chi connectivity index (χ1) is 23.3. The smallest absolute Gasteiger partial charge is 0.242 e. The molecule has 2 N–H and O–H groups in total. The Morgan fingerprint density at radius 3 is 2.24 bits per heavy atom. The van der Waals surface area contributed by atoms with Crippen molar-refractivity contribution in [2.24, 2.45) is 11.8 Å². The normalized spacial score (nSPS) is 18.3. The van der Waals surface area contributed by atoms with Gasteiger partial charge in [-0.1, -0.05) is 64.4 Å². The molecule has 276 valence electrons. The van der Waals surface area contributed by atoms with Crippen LogP contribution in [0.25, 0.3) is 0 Å². The maximum Gasteiger partial charge on any atom is 0.242 e. The summed E-state index contributed by atoms with van der Waals surface area (Å²) in [5.74, 6) is -1.35. The summed E-state index contributed by atoms with van der Waals surface area (Å²) < 4.78 is 11.7. The van der Waals surface area contributed by atoms with Crippen LogP contribution in [0.3, 0.4) is 0 Å². The van der Waals surface area contributed by atoms with Crippen molar-refractivity contribution < 1.29 is 33.4 Å². The van der Waals surface area contributed by atoms with E-state index in [4.69, 9.17) is 9.47 Å². The van der Waals surface area contributed by atoms with Gasteiger partial charge in [0.1, 0.15) is 6.29 Å². The van der Waals surface area contributed by atoms with Crippen LogP contribution in [-0.4, -0.2) is 129 Å². The van der Waals surface area contributed by atoms with Gasteiger partial charge in [0.05, 0.1) is 49.2 Å². The molecule has 0 aliphatic carbocycles. The van der Waals surface area contributed by atoms with E-state index in [1.165, 1.54) is 0 Å². The van der Waals surface area contributed by atoms with Gasteiger partial charge >= 0.3 is 0 Å². The quantitative estimate of drug-likeness (QED) is 0.188. The van der Waals surface area contributed by atoms with Gasteiger partial charge in [-0.2, -0.15) is 0 Å². The van der Waals surface area contributed by atoms with Gasteiger partial charge in [-0.25, -0.2) is 0 Å². The highest BCUT2D eigenvalue weighted by Gasteiger charge is 2.41. The Kier molecular flexibility index (Phi) is 17.9. The SMILES string of the molecule is CCCC(C(CC(=O)N1CCCC1C(OC)C(C)C(=O)NC(CC=O)Cc1ccccc1)OC)N(C)C(=O)CNC(=O)C(C(C)C)N(C)C. The van der Waals surface area contributed by atoms with Crippen molar-refractivity contribution in [3.8, 4) is 0 Å². The second-order valence-electron chi connectivity index (χ2n) is 13.8. The number of likely N-dealkylation sites (N-methyl/N-ethyl adjacent to an activating group) is 2. The molecule has 1 aliphatic rings. The second-order valence-corrected chi connectivity index (χ2v) is 13.8. The van der Waals surface area contributed by atoms with E-state index in [9.17, 15) is 24.0 Å². The lowest BCUT2D eigenvalue weighted by Crippen LogP contribution is -2.54. The average Bonchev–Trinajstić information content (AvgIpc) is 3.55. The van der Waals surface area contributed by atoms with E-state index < -0.39 is 18.1 Å². The molecule has 2 rings (SSSR count). The van der Waals surface area contributed by atoms with Gasteiger partial charge in [0.25, 0.3) is 0 Å². The molecule has 0 aromatic heterocycles. The Balaban J connectivity index is 2.12. The molecule has 7 unspecified atom stereocenters. The maximum absolute atomic E-state index is 13.9. The van der Waals surface area contributed by atoms with Crippen LogP contribution in [0.4, 0.5) is 0 Å². The lowest BCUT2D eigenvalue weighted by Gasteiger charge is -2.37. The molecule has 0 saturated carbocycles. The number of aldehydes is 1. The maximum atomic E-state index is 13.9. The lowest BCUT2D eigenvalue weighted by molar-refractivity contribution is -0.145. The number of nitrogens with one attached hydrogen (secondary N) is 2. The van der Waals surface area contributed by atoms with E-state index in [0.717, 1.165) is 24.7 Å². The van der Waals surface area contributed by atoms with E-state index in [2.05, 4.69) is 10.6 Å². The number of likely N-dealkylation sites (tertiary alicyclic amines) is 1. The van der Waals surface area contributed by atoms with Gasteiger partial charge in [-0.05, 0) is 51.3 Å². The first-order valence-corrected chi connectivity index (χ1v) is 17.6. The first-order valence-electron chi connectivity index (χ1n) is 17.6. The number of amides is 4. The van der Waals surface area contributed by atoms with Crippen LogP contribution in [0.2, 0.25) is 0 Å². The van der Waals surface area contributed by atoms with Crippen LogP contribution in [0.1, 0.15) is 71.8 Å². The van der Waals surface area contributed by atoms with Crippen molar-refractivity contribution >= 4 is 29.9 Å². The number of hydrogen-bond acceptors (Lipinski definition) is 8. The number of carbonyl (C=O) groups is 5. The van der Waals surface area contributed by atoms with Crippen molar-refractivity contribution in [2.75, 3.05) is 48.5 Å². The van der Waals surface area contributed by atoms with E-state index in [-0.39, 0.29) is 73.1 Å². The average molecular weight is 688 g/mol. The highest BCUT2D eigenvalue weighted by Crippen LogP contribution is 2.28. The van der Waals surface area contributed by atoms with Crippen molar-refractivity contribution in [2.45, 2.75) is 109 Å². The van der Waals surface area contributed by atoms with E-state index in [1.807, 2.05) is 70.1 Å². The minimum Gasteiger partial charge on any atom is -0.379 e. The summed E-state index contributed by atoms with van der Waals surface area (Å²) in [6.45, 7) is 8.10. The second kappa shape index (κ2) is 21.0. The molecule has 0 bridgehead atoms. The number of nitrogens with zero attached hydrogens (tertiary/aromatic N) is 3. The molecule has 7 atom stereocenters. The molecular formula is C37H61N5O7. The molecular weight excluding hydrogens is 626 g/mol. The zero-order valence-corrected chi connectivity index (χ0v) is 31.1. The predicted molar refractivity (Wildman–Crippen MR) is 190 cm³/mol. The van der Waals surface area contributed by atoms with Crippen molar-refractivity contribution in [3.05, 3.63) is 35.9 Å². The number of benzene rings is 1. The summed E-state index contributed by atoms with van der Waals surface area (Å²) in [6.07, 6.45) is 3.27. The summed E-state index contributed by atoms with van der Waals surface area (Å²) in [5.41, 5.74) is 1.02. The number of rotatable bonds is 21. The topological polar surface area (TPSA) is 138 Å². The summed E-state index contributed by atoms with van der Waals surface area (Å²) >= 11 is 0. The summed E-state index contributed by atoms with van der Waals surface area (Å²) in [4.78, 5) is 70.2. The number of ether oxygens (including phenoxy) is 2. The largest absolute Gasteiger partial charge is 0.379 e. The Morgan fingerprint density at radius 1 is 1.02 bits per heavy atom. The van der Waals surface area contributed by atoms with Crippen molar-refractivity contribution in [3.63, 3.8) is 0 Å². The molecule has 1 aliphatic heterocycles. The summed E-state index contributed by atoms with van der Waals surface area (Å²) in [5, 5.41) is 5.83. The third-order valence-electron chi connectivity index (χ3n) is 9.68. The van der Waals surface area contributed by atoms with Crippen LogP contribution in [0.15, 0.2) is 30.3 Å². The fourth-order valence-corrected chi connectivity index (χ4v) is 7.13. The minimum absolute atomic E-state index is 0.0488. The number of carbonyl (C=O) groups excluding carboxylic acids is 5. The van der Waals surface area contributed by atoms with Gasteiger partial charge in [0.2, 0.25) is 23.6 Å². The number of methoxy groups -OCH3 is 2. The van der Waals surface area contributed by atoms with E-state index >= 15 is 0 Å². The molecule has 0 spiro atoms. The lowest BCUT2D eigenvalue weighted by atomic mass is 9.93. The third-order valence-corrected chi connectivity index (χ3v) is 9.68. The molecule has 1 fully saturated rings. The predicted octanol–water partition coefficient (Wildman–Crippen LogP) is 2.68. The molecule has 1 saturated heterocycles. The molecule has 12 heteroatoms. The Bertz CT molecular complexity index is 1190. The molecule has 12 nitrogen and oxygen atoms in total. The molecule has 1 aromatic rings. The minimum atomic E-state index is -0.582. The zero-order valence-electron chi connectivity index (χ0n) is 31.1. The van der Waals surface area contributed by atoms with Gasteiger partial charge in [0.15, 0.2) is 0 Å². The van der Waals surface area contributed by atoms with Crippen LogP contribution in [-0.2, 0) is 39.9 Å².